The fourth-order valence-corrected chi connectivity index (χ4v) is 2.06. The number of benzene rings is 1. The van der Waals surface area contributed by atoms with Crippen LogP contribution in [0, 0.1) is 0 Å². The van der Waals surface area contributed by atoms with Gasteiger partial charge in [-0.15, -0.1) is 0 Å². The monoisotopic (exact) mass is 245 g/mol. The van der Waals surface area contributed by atoms with Crippen molar-refractivity contribution in [2.45, 2.75) is 19.8 Å². The Bertz CT molecular complexity index is 448. The largest absolute Gasteiger partial charge is 0.488 e. The topological polar surface area (TPSA) is 29.5 Å². The van der Waals surface area contributed by atoms with Crippen molar-refractivity contribution in [2.75, 3.05) is 19.7 Å². The van der Waals surface area contributed by atoms with E-state index < -0.39 is 0 Å². The number of hydrogen-bond acceptors (Lipinski definition) is 2. The number of ether oxygens (including phenoxy) is 1. The molecule has 3 nitrogen and oxygen atoms in total. The zero-order valence-electron chi connectivity index (χ0n) is 10.8. The van der Waals surface area contributed by atoms with Crippen LogP contribution in [0.15, 0.2) is 36.4 Å². The first kappa shape index (κ1) is 12.7. The third-order valence-corrected chi connectivity index (χ3v) is 2.98. The smallest absolute Gasteiger partial charge is 0.257 e. The quantitative estimate of drug-likeness (QED) is 0.763. The highest BCUT2D eigenvalue weighted by molar-refractivity contribution is 5.97. The van der Waals surface area contributed by atoms with Crippen molar-refractivity contribution >= 4 is 5.91 Å². The van der Waals surface area contributed by atoms with Crippen LogP contribution in [0.4, 0.5) is 0 Å². The maximum atomic E-state index is 12.3. The number of carbonyl (C=O) groups is 1. The van der Waals surface area contributed by atoms with Crippen LogP contribution in [0.5, 0.6) is 5.75 Å². The van der Waals surface area contributed by atoms with Crippen molar-refractivity contribution < 1.29 is 9.53 Å². The number of likely N-dealkylation sites (tertiary alicyclic amines) is 1. The average molecular weight is 245 g/mol. The summed E-state index contributed by atoms with van der Waals surface area (Å²) in [6, 6.07) is 7.42. The van der Waals surface area contributed by atoms with Crippen LogP contribution in [-0.2, 0) is 0 Å². The van der Waals surface area contributed by atoms with E-state index in [0.717, 1.165) is 31.5 Å². The Morgan fingerprint density at radius 3 is 2.67 bits per heavy atom. The second kappa shape index (κ2) is 5.71. The van der Waals surface area contributed by atoms with Gasteiger partial charge in [-0.3, -0.25) is 4.79 Å². The molecule has 1 aromatic rings. The van der Waals surface area contributed by atoms with Gasteiger partial charge in [-0.1, -0.05) is 18.7 Å². The van der Waals surface area contributed by atoms with Gasteiger partial charge in [0.2, 0.25) is 0 Å². The molecule has 1 aliphatic rings. The van der Waals surface area contributed by atoms with Gasteiger partial charge in [-0.25, -0.2) is 0 Å². The summed E-state index contributed by atoms with van der Waals surface area (Å²) in [5.41, 5.74) is 1.60. The van der Waals surface area contributed by atoms with Crippen molar-refractivity contribution in [1.82, 2.24) is 4.90 Å². The molecule has 1 saturated heterocycles. The molecular formula is C15H19NO2. The third kappa shape index (κ3) is 2.92. The molecule has 18 heavy (non-hydrogen) atoms. The lowest BCUT2D eigenvalue weighted by atomic mass is 10.1. The standard InChI is InChI=1S/C15H19NO2/c1-12(2)11-18-14-8-4-3-7-13(14)15(17)16-9-5-6-10-16/h3-4,7-8H,1,5-6,9-11H2,2H3. The van der Waals surface area contributed by atoms with Crippen LogP contribution >= 0.6 is 0 Å². The van der Waals surface area contributed by atoms with Gasteiger partial charge in [0.1, 0.15) is 12.4 Å². The molecule has 1 aromatic carbocycles. The molecule has 0 aliphatic carbocycles. The van der Waals surface area contributed by atoms with Gasteiger partial charge in [0.05, 0.1) is 5.56 Å². The van der Waals surface area contributed by atoms with Crippen molar-refractivity contribution in [3.63, 3.8) is 0 Å². The number of hydrogen-bond donors (Lipinski definition) is 0. The zero-order chi connectivity index (χ0) is 13.0. The predicted octanol–water partition coefficient (Wildman–Crippen LogP) is 2.88. The number of amides is 1. The Morgan fingerprint density at radius 1 is 1.33 bits per heavy atom. The first-order chi connectivity index (χ1) is 8.68. The molecule has 0 spiro atoms. The fourth-order valence-electron chi connectivity index (χ4n) is 2.06. The Kier molecular flexibility index (Phi) is 4.03. The van der Waals surface area contributed by atoms with E-state index in [-0.39, 0.29) is 5.91 Å². The summed E-state index contributed by atoms with van der Waals surface area (Å²) in [5, 5.41) is 0. The van der Waals surface area contributed by atoms with E-state index in [0.29, 0.717) is 17.9 Å². The van der Waals surface area contributed by atoms with Crippen LogP contribution in [0.25, 0.3) is 0 Å². The maximum Gasteiger partial charge on any atom is 0.257 e. The van der Waals surface area contributed by atoms with E-state index in [2.05, 4.69) is 6.58 Å². The summed E-state index contributed by atoms with van der Waals surface area (Å²) in [5.74, 6) is 0.724. The predicted molar refractivity (Wildman–Crippen MR) is 71.9 cm³/mol. The van der Waals surface area contributed by atoms with Gasteiger partial charge in [-0.05, 0) is 37.5 Å². The fraction of sp³-hybridized carbons (Fsp3) is 0.400. The molecular weight excluding hydrogens is 226 g/mol. The minimum absolute atomic E-state index is 0.0739. The molecule has 0 unspecified atom stereocenters. The highest BCUT2D eigenvalue weighted by Crippen LogP contribution is 2.22. The summed E-state index contributed by atoms with van der Waals surface area (Å²) >= 11 is 0. The van der Waals surface area contributed by atoms with E-state index in [4.69, 9.17) is 4.74 Å². The molecule has 3 heteroatoms. The normalized spacial score (nSPS) is 14.6. The molecule has 1 amide bonds. The van der Waals surface area contributed by atoms with E-state index in [1.165, 1.54) is 0 Å². The molecule has 1 heterocycles. The van der Waals surface area contributed by atoms with Crippen LogP contribution in [0.2, 0.25) is 0 Å². The number of rotatable bonds is 4. The van der Waals surface area contributed by atoms with Crippen LogP contribution in [-0.4, -0.2) is 30.5 Å². The maximum absolute atomic E-state index is 12.3. The summed E-state index contributed by atoms with van der Waals surface area (Å²) in [7, 11) is 0. The van der Waals surface area contributed by atoms with Crippen molar-refractivity contribution in [3.05, 3.63) is 42.0 Å². The molecule has 0 atom stereocenters. The second-order valence-electron chi connectivity index (χ2n) is 4.74. The molecule has 0 radical (unpaired) electrons. The van der Waals surface area contributed by atoms with E-state index in [9.17, 15) is 4.79 Å². The van der Waals surface area contributed by atoms with Gasteiger partial charge in [0.25, 0.3) is 5.91 Å². The second-order valence-corrected chi connectivity index (χ2v) is 4.74. The van der Waals surface area contributed by atoms with Crippen molar-refractivity contribution in [1.29, 1.82) is 0 Å². The first-order valence-corrected chi connectivity index (χ1v) is 6.34. The first-order valence-electron chi connectivity index (χ1n) is 6.34. The van der Waals surface area contributed by atoms with Crippen molar-refractivity contribution in [2.24, 2.45) is 0 Å². The lowest BCUT2D eigenvalue weighted by molar-refractivity contribution is 0.0789. The van der Waals surface area contributed by atoms with E-state index in [1.807, 2.05) is 36.1 Å². The molecule has 96 valence electrons. The Morgan fingerprint density at radius 2 is 2.00 bits per heavy atom. The third-order valence-electron chi connectivity index (χ3n) is 2.98. The molecule has 1 fully saturated rings. The van der Waals surface area contributed by atoms with Crippen LogP contribution in [0.1, 0.15) is 30.1 Å². The number of nitrogens with zero attached hydrogens (tertiary/aromatic N) is 1. The molecule has 0 aromatic heterocycles. The van der Waals surface area contributed by atoms with Gasteiger partial charge in [0, 0.05) is 13.1 Å². The van der Waals surface area contributed by atoms with Crippen molar-refractivity contribution in [3.8, 4) is 5.75 Å². The van der Waals surface area contributed by atoms with Gasteiger partial charge >= 0.3 is 0 Å². The minimum atomic E-state index is 0.0739. The van der Waals surface area contributed by atoms with Crippen LogP contribution < -0.4 is 4.74 Å². The SMILES string of the molecule is C=C(C)COc1ccccc1C(=O)N1CCCC1. The summed E-state index contributed by atoms with van der Waals surface area (Å²) in [6.45, 7) is 7.87. The average Bonchev–Trinajstić information content (AvgIpc) is 2.89. The highest BCUT2D eigenvalue weighted by Gasteiger charge is 2.22. The van der Waals surface area contributed by atoms with Gasteiger partial charge < -0.3 is 9.64 Å². The number of para-hydroxylation sites is 1. The highest BCUT2D eigenvalue weighted by atomic mass is 16.5. The molecule has 0 bridgehead atoms. The molecule has 0 N–H and O–H groups in total. The molecule has 1 aliphatic heterocycles. The summed E-state index contributed by atoms with van der Waals surface area (Å²) in [6.07, 6.45) is 2.20. The van der Waals surface area contributed by atoms with Crippen LogP contribution in [0.3, 0.4) is 0 Å². The minimum Gasteiger partial charge on any atom is -0.488 e. The summed E-state index contributed by atoms with van der Waals surface area (Å²) < 4.78 is 5.63. The summed E-state index contributed by atoms with van der Waals surface area (Å²) in [4.78, 5) is 14.2. The Labute approximate surface area is 108 Å². The van der Waals surface area contributed by atoms with Gasteiger partial charge in [0.15, 0.2) is 0 Å². The van der Waals surface area contributed by atoms with Gasteiger partial charge in [-0.2, -0.15) is 0 Å². The zero-order valence-corrected chi connectivity index (χ0v) is 10.8. The lowest BCUT2D eigenvalue weighted by Gasteiger charge is -2.17. The Hall–Kier alpha value is -1.77. The molecule has 2 rings (SSSR count). The van der Waals surface area contributed by atoms with E-state index >= 15 is 0 Å². The lowest BCUT2D eigenvalue weighted by Crippen LogP contribution is -2.28. The molecule has 0 saturated carbocycles. The Balaban J connectivity index is 2.15. The number of carbonyl (C=O) groups excluding carboxylic acids is 1. The van der Waals surface area contributed by atoms with E-state index in [1.54, 1.807) is 0 Å².